The SMILES string of the molecule is CCCn1c(CCC(=O)Nc2ccc(F)cc2)nc2cc(S(=O)(=O)N(CC)CC)ccc21. The number of rotatable bonds is 10. The molecule has 172 valence electrons. The number of amides is 1. The third-order valence-corrected chi connectivity index (χ3v) is 7.34. The van der Waals surface area contributed by atoms with Crippen molar-refractivity contribution >= 4 is 32.7 Å². The van der Waals surface area contributed by atoms with Gasteiger partial charge >= 0.3 is 0 Å². The lowest BCUT2D eigenvalue weighted by Gasteiger charge is -2.18. The summed E-state index contributed by atoms with van der Waals surface area (Å²) in [6.07, 6.45) is 1.48. The van der Waals surface area contributed by atoms with Gasteiger partial charge in [-0.05, 0) is 48.9 Å². The van der Waals surface area contributed by atoms with Crippen molar-refractivity contribution in [3.63, 3.8) is 0 Å². The molecule has 2 aromatic carbocycles. The monoisotopic (exact) mass is 460 g/mol. The van der Waals surface area contributed by atoms with E-state index < -0.39 is 10.0 Å². The van der Waals surface area contributed by atoms with Gasteiger partial charge in [-0.2, -0.15) is 4.31 Å². The van der Waals surface area contributed by atoms with E-state index in [2.05, 4.69) is 17.2 Å². The molecule has 0 aliphatic rings. The molecule has 0 aliphatic heterocycles. The van der Waals surface area contributed by atoms with E-state index in [1.165, 1.54) is 28.6 Å². The van der Waals surface area contributed by atoms with Crippen LogP contribution in [0, 0.1) is 5.82 Å². The maximum absolute atomic E-state index is 13.0. The van der Waals surface area contributed by atoms with Crippen LogP contribution in [0.3, 0.4) is 0 Å². The van der Waals surface area contributed by atoms with Crippen LogP contribution in [0.5, 0.6) is 0 Å². The van der Waals surface area contributed by atoms with E-state index in [9.17, 15) is 17.6 Å². The predicted octanol–water partition coefficient (Wildman–Crippen LogP) is 4.19. The zero-order valence-corrected chi connectivity index (χ0v) is 19.5. The Kier molecular flexibility index (Phi) is 7.63. The van der Waals surface area contributed by atoms with Crippen molar-refractivity contribution in [1.82, 2.24) is 13.9 Å². The Bertz CT molecular complexity index is 1190. The Labute approximate surface area is 188 Å². The fourth-order valence-electron chi connectivity index (χ4n) is 3.68. The molecule has 7 nitrogen and oxygen atoms in total. The highest BCUT2D eigenvalue weighted by Gasteiger charge is 2.23. The Hall–Kier alpha value is -2.78. The number of anilines is 1. The molecule has 0 unspecified atom stereocenters. The van der Waals surface area contributed by atoms with Crippen LogP contribution in [0.15, 0.2) is 47.4 Å². The van der Waals surface area contributed by atoms with Gasteiger partial charge in [-0.15, -0.1) is 0 Å². The van der Waals surface area contributed by atoms with Gasteiger partial charge in [0.15, 0.2) is 0 Å². The molecule has 3 aromatic rings. The summed E-state index contributed by atoms with van der Waals surface area (Å²) in [6, 6.07) is 10.6. The Morgan fingerprint density at radius 1 is 1.09 bits per heavy atom. The van der Waals surface area contributed by atoms with Crippen molar-refractivity contribution in [2.45, 2.75) is 51.5 Å². The zero-order valence-electron chi connectivity index (χ0n) is 18.6. The summed E-state index contributed by atoms with van der Waals surface area (Å²) in [6.45, 7) is 7.18. The Morgan fingerprint density at radius 2 is 1.78 bits per heavy atom. The van der Waals surface area contributed by atoms with Gasteiger partial charge < -0.3 is 9.88 Å². The number of halogens is 1. The van der Waals surface area contributed by atoms with Crippen molar-refractivity contribution < 1.29 is 17.6 Å². The summed E-state index contributed by atoms with van der Waals surface area (Å²) >= 11 is 0. The normalized spacial score (nSPS) is 11.9. The van der Waals surface area contributed by atoms with Crippen molar-refractivity contribution in [2.24, 2.45) is 0 Å². The van der Waals surface area contributed by atoms with Gasteiger partial charge in [0.1, 0.15) is 11.6 Å². The van der Waals surface area contributed by atoms with Crippen molar-refractivity contribution in [2.75, 3.05) is 18.4 Å². The molecule has 0 bridgehead atoms. The van der Waals surface area contributed by atoms with Gasteiger partial charge in [0.05, 0.1) is 15.9 Å². The highest BCUT2D eigenvalue weighted by Crippen LogP contribution is 2.24. The molecular formula is C23H29FN4O3S. The number of hydrogen-bond donors (Lipinski definition) is 1. The van der Waals surface area contributed by atoms with Gasteiger partial charge in [-0.1, -0.05) is 20.8 Å². The number of carbonyl (C=O) groups excluding carboxylic acids is 1. The van der Waals surface area contributed by atoms with Crippen molar-refractivity contribution in [3.8, 4) is 0 Å². The number of aromatic nitrogens is 2. The highest BCUT2D eigenvalue weighted by molar-refractivity contribution is 7.89. The molecule has 0 aliphatic carbocycles. The number of fused-ring (bicyclic) bond motifs is 1. The minimum absolute atomic E-state index is 0.198. The fourth-order valence-corrected chi connectivity index (χ4v) is 5.16. The number of hydrogen-bond acceptors (Lipinski definition) is 4. The lowest BCUT2D eigenvalue weighted by Crippen LogP contribution is -2.30. The summed E-state index contributed by atoms with van der Waals surface area (Å²) < 4.78 is 42.2. The Balaban J connectivity index is 1.83. The maximum atomic E-state index is 13.0. The van der Waals surface area contributed by atoms with Crippen LogP contribution in [0.2, 0.25) is 0 Å². The van der Waals surface area contributed by atoms with Crippen LogP contribution in [0.25, 0.3) is 11.0 Å². The number of imidazole rings is 1. The van der Waals surface area contributed by atoms with Gasteiger partial charge in [-0.3, -0.25) is 4.79 Å². The summed E-state index contributed by atoms with van der Waals surface area (Å²) in [4.78, 5) is 17.2. The molecule has 0 saturated carbocycles. The van der Waals surface area contributed by atoms with Crippen LogP contribution in [-0.4, -0.2) is 41.3 Å². The first kappa shape index (κ1) is 23.9. The molecule has 1 heterocycles. The first-order chi connectivity index (χ1) is 15.3. The topological polar surface area (TPSA) is 84.3 Å². The molecule has 0 atom stereocenters. The molecule has 0 fully saturated rings. The minimum atomic E-state index is -3.58. The van der Waals surface area contributed by atoms with Gasteiger partial charge in [-0.25, -0.2) is 17.8 Å². The third-order valence-electron chi connectivity index (χ3n) is 5.29. The number of carbonyl (C=O) groups is 1. The number of sulfonamides is 1. The van der Waals surface area contributed by atoms with E-state index in [0.717, 1.165) is 17.8 Å². The van der Waals surface area contributed by atoms with Crippen LogP contribution < -0.4 is 5.32 Å². The van der Waals surface area contributed by atoms with Crippen LogP contribution in [-0.2, 0) is 27.8 Å². The highest BCUT2D eigenvalue weighted by atomic mass is 32.2. The molecule has 0 spiro atoms. The summed E-state index contributed by atoms with van der Waals surface area (Å²) in [5.74, 6) is 0.170. The predicted molar refractivity (Wildman–Crippen MR) is 123 cm³/mol. The molecule has 1 N–H and O–H groups in total. The summed E-state index contributed by atoms with van der Waals surface area (Å²) in [5, 5.41) is 2.75. The smallest absolute Gasteiger partial charge is 0.243 e. The van der Waals surface area contributed by atoms with Crippen molar-refractivity contribution in [1.29, 1.82) is 0 Å². The molecule has 9 heteroatoms. The quantitative estimate of drug-likeness (QED) is 0.492. The average Bonchev–Trinajstić information content (AvgIpc) is 3.11. The van der Waals surface area contributed by atoms with Gasteiger partial charge in [0.25, 0.3) is 0 Å². The average molecular weight is 461 g/mol. The number of benzene rings is 2. The van der Waals surface area contributed by atoms with Crippen LogP contribution in [0.1, 0.15) is 39.4 Å². The second-order valence-corrected chi connectivity index (χ2v) is 9.41. The van der Waals surface area contributed by atoms with E-state index in [1.54, 1.807) is 18.2 Å². The lowest BCUT2D eigenvalue weighted by molar-refractivity contribution is -0.116. The molecule has 32 heavy (non-hydrogen) atoms. The molecule has 0 radical (unpaired) electrons. The van der Waals surface area contributed by atoms with Crippen LogP contribution >= 0.6 is 0 Å². The number of nitrogens with zero attached hydrogens (tertiary/aromatic N) is 3. The first-order valence-corrected chi connectivity index (χ1v) is 12.3. The molecule has 0 saturated heterocycles. The van der Waals surface area contributed by atoms with E-state index in [-0.39, 0.29) is 23.0 Å². The van der Waals surface area contributed by atoms with E-state index >= 15 is 0 Å². The molecule has 1 amide bonds. The lowest BCUT2D eigenvalue weighted by atomic mass is 10.2. The first-order valence-electron chi connectivity index (χ1n) is 10.8. The molecule has 1 aromatic heterocycles. The molecule has 3 rings (SSSR count). The van der Waals surface area contributed by atoms with Crippen molar-refractivity contribution in [3.05, 3.63) is 54.1 Å². The second kappa shape index (κ2) is 10.2. The van der Waals surface area contributed by atoms with E-state index in [4.69, 9.17) is 0 Å². The van der Waals surface area contributed by atoms with E-state index in [1.807, 2.05) is 18.4 Å². The summed E-state index contributed by atoms with van der Waals surface area (Å²) in [7, 11) is -3.58. The maximum Gasteiger partial charge on any atom is 0.243 e. The fraction of sp³-hybridized carbons (Fsp3) is 0.391. The zero-order chi connectivity index (χ0) is 23.3. The van der Waals surface area contributed by atoms with Gasteiger partial charge in [0, 0.05) is 38.2 Å². The number of aryl methyl sites for hydroxylation is 2. The minimum Gasteiger partial charge on any atom is -0.328 e. The third kappa shape index (κ3) is 5.16. The van der Waals surface area contributed by atoms with Gasteiger partial charge in [0.2, 0.25) is 15.9 Å². The summed E-state index contributed by atoms with van der Waals surface area (Å²) in [5.41, 5.74) is 1.98. The standard InChI is InChI=1S/C23H29FN4O3S/c1-4-15-28-21-12-11-19(32(30,31)27(5-2)6-3)16-20(21)26-22(28)13-14-23(29)25-18-9-7-17(24)8-10-18/h7-12,16H,4-6,13-15H2,1-3H3,(H,25,29). The number of nitrogens with one attached hydrogen (secondary N) is 1. The molecular weight excluding hydrogens is 431 g/mol. The largest absolute Gasteiger partial charge is 0.328 e. The second-order valence-electron chi connectivity index (χ2n) is 7.47. The van der Waals surface area contributed by atoms with Crippen LogP contribution in [0.4, 0.5) is 10.1 Å². The van der Waals surface area contributed by atoms with E-state index in [0.29, 0.717) is 37.3 Å². The Morgan fingerprint density at radius 3 is 2.41 bits per heavy atom.